The lowest BCUT2D eigenvalue weighted by Crippen LogP contribution is -2.34. The van der Waals surface area contributed by atoms with Gasteiger partial charge >= 0.3 is 0 Å². The summed E-state index contributed by atoms with van der Waals surface area (Å²) < 4.78 is 0. The highest BCUT2D eigenvalue weighted by molar-refractivity contribution is 5.64. The Hall–Kier alpha value is -1.29. The molecule has 0 amide bonds. The second kappa shape index (κ2) is 6.33. The number of nitrogens with one attached hydrogen (secondary N) is 1. The van der Waals surface area contributed by atoms with Crippen LogP contribution in [0.5, 0.6) is 0 Å². The topological polar surface area (TPSA) is 54.2 Å². The average Bonchev–Trinajstić information content (AvgIpc) is 2.29. The highest BCUT2D eigenvalue weighted by Crippen LogP contribution is 2.16. The molecule has 1 heterocycles. The number of hydrogen-bond acceptors (Lipinski definition) is 4. The molecule has 0 aliphatic heterocycles. The first kappa shape index (κ1) is 12.8. The molecule has 0 aliphatic rings. The fraction of sp³-hybridized carbons (Fsp3) is 0.583. The number of hydrogen-bond donors (Lipinski definition) is 2. The van der Waals surface area contributed by atoms with Gasteiger partial charge in [0.15, 0.2) is 0 Å². The van der Waals surface area contributed by atoms with Crippen molar-refractivity contribution in [3.8, 4) is 0 Å². The van der Waals surface area contributed by atoms with Crippen LogP contribution in [0.25, 0.3) is 0 Å². The first-order valence-corrected chi connectivity index (χ1v) is 5.85. The Labute approximate surface area is 97.9 Å². The van der Waals surface area contributed by atoms with E-state index in [4.69, 9.17) is 5.73 Å². The van der Waals surface area contributed by atoms with Gasteiger partial charge in [0.05, 0.1) is 17.6 Å². The maximum atomic E-state index is 5.83. The average molecular weight is 222 g/mol. The van der Waals surface area contributed by atoms with Crippen LogP contribution in [-0.2, 0) is 0 Å². The molecule has 4 heteroatoms. The summed E-state index contributed by atoms with van der Waals surface area (Å²) in [5, 5.41) is 3.40. The van der Waals surface area contributed by atoms with E-state index in [0.29, 0.717) is 11.7 Å². The molecule has 0 saturated heterocycles. The predicted molar refractivity (Wildman–Crippen MR) is 69.5 cm³/mol. The van der Waals surface area contributed by atoms with Crippen molar-refractivity contribution in [1.82, 2.24) is 9.88 Å². The van der Waals surface area contributed by atoms with Gasteiger partial charge in [-0.2, -0.15) is 0 Å². The Bertz CT molecular complexity index is 310. The third-order valence-electron chi connectivity index (χ3n) is 2.68. The number of nitrogen functional groups attached to an aromatic ring is 1. The summed E-state index contributed by atoms with van der Waals surface area (Å²) >= 11 is 0. The SMILES string of the molecule is CCN(CC)CC(C)Nc1ccncc1N. The summed E-state index contributed by atoms with van der Waals surface area (Å²) in [5.41, 5.74) is 7.50. The van der Waals surface area contributed by atoms with E-state index in [1.54, 1.807) is 12.4 Å². The normalized spacial score (nSPS) is 12.8. The Morgan fingerprint density at radius 1 is 1.44 bits per heavy atom. The maximum absolute atomic E-state index is 5.83. The van der Waals surface area contributed by atoms with E-state index < -0.39 is 0 Å². The molecule has 1 rings (SSSR count). The van der Waals surface area contributed by atoms with Crippen molar-refractivity contribution in [3.05, 3.63) is 18.5 Å². The number of pyridine rings is 1. The summed E-state index contributed by atoms with van der Waals surface area (Å²) in [6.45, 7) is 9.70. The van der Waals surface area contributed by atoms with Crippen molar-refractivity contribution >= 4 is 11.4 Å². The fourth-order valence-corrected chi connectivity index (χ4v) is 1.72. The van der Waals surface area contributed by atoms with E-state index in [-0.39, 0.29) is 0 Å². The van der Waals surface area contributed by atoms with Crippen LogP contribution in [-0.4, -0.2) is 35.6 Å². The van der Waals surface area contributed by atoms with Gasteiger partial charge in [0.25, 0.3) is 0 Å². The number of nitrogens with two attached hydrogens (primary N) is 1. The van der Waals surface area contributed by atoms with Crippen LogP contribution in [0.1, 0.15) is 20.8 Å². The van der Waals surface area contributed by atoms with E-state index in [2.05, 4.69) is 36.0 Å². The summed E-state index contributed by atoms with van der Waals surface area (Å²) in [4.78, 5) is 6.35. The van der Waals surface area contributed by atoms with Gasteiger partial charge in [-0.3, -0.25) is 4.98 Å². The lowest BCUT2D eigenvalue weighted by molar-refractivity contribution is 0.295. The van der Waals surface area contributed by atoms with E-state index in [9.17, 15) is 0 Å². The van der Waals surface area contributed by atoms with Crippen LogP contribution < -0.4 is 11.1 Å². The van der Waals surface area contributed by atoms with Crippen LogP contribution in [0.15, 0.2) is 18.5 Å². The monoisotopic (exact) mass is 222 g/mol. The van der Waals surface area contributed by atoms with Gasteiger partial charge in [0.2, 0.25) is 0 Å². The van der Waals surface area contributed by atoms with Gasteiger partial charge < -0.3 is 16.0 Å². The molecule has 4 nitrogen and oxygen atoms in total. The lowest BCUT2D eigenvalue weighted by atomic mass is 10.2. The zero-order chi connectivity index (χ0) is 12.0. The zero-order valence-electron chi connectivity index (χ0n) is 10.4. The zero-order valence-corrected chi connectivity index (χ0v) is 10.4. The Morgan fingerprint density at radius 2 is 2.12 bits per heavy atom. The van der Waals surface area contributed by atoms with Crippen molar-refractivity contribution in [2.24, 2.45) is 0 Å². The van der Waals surface area contributed by atoms with Crippen molar-refractivity contribution in [2.45, 2.75) is 26.8 Å². The van der Waals surface area contributed by atoms with Crippen molar-refractivity contribution in [1.29, 1.82) is 0 Å². The highest BCUT2D eigenvalue weighted by Gasteiger charge is 2.08. The van der Waals surface area contributed by atoms with Crippen LogP contribution in [0.3, 0.4) is 0 Å². The first-order valence-electron chi connectivity index (χ1n) is 5.85. The number of aromatic nitrogens is 1. The molecular weight excluding hydrogens is 200 g/mol. The van der Waals surface area contributed by atoms with Gasteiger partial charge in [-0.1, -0.05) is 13.8 Å². The third-order valence-corrected chi connectivity index (χ3v) is 2.68. The van der Waals surface area contributed by atoms with Crippen molar-refractivity contribution < 1.29 is 0 Å². The van der Waals surface area contributed by atoms with Gasteiger partial charge in [-0.25, -0.2) is 0 Å². The molecule has 0 spiro atoms. The number of likely N-dealkylation sites (N-methyl/N-ethyl adjacent to an activating group) is 1. The largest absolute Gasteiger partial charge is 0.396 e. The van der Waals surface area contributed by atoms with E-state index in [0.717, 1.165) is 25.3 Å². The molecule has 3 N–H and O–H groups in total. The van der Waals surface area contributed by atoms with Gasteiger partial charge in [-0.15, -0.1) is 0 Å². The third kappa shape index (κ3) is 3.70. The quantitative estimate of drug-likeness (QED) is 0.770. The molecular formula is C12H22N4. The van der Waals surface area contributed by atoms with Gasteiger partial charge in [0, 0.05) is 18.8 Å². The highest BCUT2D eigenvalue weighted by atomic mass is 15.1. The summed E-state index contributed by atoms with van der Waals surface area (Å²) in [7, 11) is 0. The number of nitrogens with zero attached hydrogens (tertiary/aromatic N) is 2. The first-order chi connectivity index (χ1) is 7.67. The number of rotatable bonds is 6. The summed E-state index contributed by atoms with van der Waals surface area (Å²) in [6, 6.07) is 2.29. The molecule has 1 aromatic rings. The fourth-order valence-electron chi connectivity index (χ4n) is 1.72. The second-order valence-electron chi connectivity index (χ2n) is 3.99. The lowest BCUT2D eigenvalue weighted by Gasteiger charge is -2.24. The summed E-state index contributed by atoms with van der Waals surface area (Å²) in [5.74, 6) is 0. The molecule has 0 bridgehead atoms. The minimum atomic E-state index is 0.379. The molecule has 16 heavy (non-hydrogen) atoms. The summed E-state index contributed by atoms with van der Waals surface area (Å²) in [6.07, 6.45) is 3.43. The maximum Gasteiger partial charge on any atom is 0.0736 e. The Balaban J connectivity index is 2.51. The molecule has 0 fully saturated rings. The Morgan fingerprint density at radius 3 is 2.69 bits per heavy atom. The van der Waals surface area contributed by atoms with Gasteiger partial charge in [-0.05, 0) is 26.1 Å². The van der Waals surface area contributed by atoms with E-state index >= 15 is 0 Å². The molecule has 0 radical (unpaired) electrons. The minimum absolute atomic E-state index is 0.379. The van der Waals surface area contributed by atoms with Crippen molar-refractivity contribution in [3.63, 3.8) is 0 Å². The smallest absolute Gasteiger partial charge is 0.0736 e. The predicted octanol–water partition coefficient (Wildman–Crippen LogP) is 1.81. The Kier molecular flexibility index (Phi) is 5.05. The molecule has 0 aromatic carbocycles. The molecule has 1 aromatic heterocycles. The van der Waals surface area contributed by atoms with E-state index in [1.165, 1.54) is 0 Å². The molecule has 90 valence electrons. The van der Waals surface area contributed by atoms with Crippen LogP contribution in [0, 0.1) is 0 Å². The van der Waals surface area contributed by atoms with Gasteiger partial charge in [0.1, 0.15) is 0 Å². The molecule has 1 unspecified atom stereocenters. The van der Waals surface area contributed by atoms with Crippen molar-refractivity contribution in [2.75, 3.05) is 30.7 Å². The minimum Gasteiger partial charge on any atom is -0.396 e. The molecule has 1 atom stereocenters. The van der Waals surface area contributed by atoms with E-state index in [1.807, 2.05) is 6.07 Å². The second-order valence-corrected chi connectivity index (χ2v) is 3.99. The van der Waals surface area contributed by atoms with Crippen LogP contribution >= 0.6 is 0 Å². The molecule has 0 saturated carbocycles. The number of anilines is 2. The van der Waals surface area contributed by atoms with Crippen LogP contribution in [0.2, 0.25) is 0 Å². The molecule has 0 aliphatic carbocycles. The van der Waals surface area contributed by atoms with Crippen LogP contribution in [0.4, 0.5) is 11.4 Å². The standard InChI is InChI=1S/C12H22N4/c1-4-16(5-2)9-10(3)15-12-6-7-14-8-11(12)13/h6-8,10H,4-5,9,13H2,1-3H3,(H,14,15).